The molecule has 2 rings (SSSR count). The fourth-order valence-electron chi connectivity index (χ4n) is 1.82. The Balaban J connectivity index is 2.11. The Morgan fingerprint density at radius 2 is 2.38 bits per heavy atom. The SMILES string of the molecule is O=C(Cc1c(F)cccc1Cl)C1CCCS1. The number of halogens is 2. The smallest absolute Gasteiger partial charge is 0.150 e. The van der Waals surface area contributed by atoms with Crippen LogP contribution in [0.15, 0.2) is 18.2 Å². The van der Waals surface area contributed by atoms with Crippen molar-refractivity contribution in [3.8, 4) is 0 Å². The van der Waals surface area contributed by atoms with Crippen LogP contribution in [0.1, 0.15) is 18.4 Å². The van der Waals surface area contributed by atoms with Gasteiger partial charge in [0.25, 0.3) is 0 Å². The van der Waals surface area contributed by atoms with E-state index >= 15 is 0 Å². The van der Waals surface area contributed by atoms with Crippen molar-refractivity contribution in [2.45, 2.75) is 24.5 Å². The zero-order valence-electron chi connectivity index (χ0n) is 8.71. The molecule has 1 aromatic rings. The van der Waals surface area contributed by atoms with E-state index < -0.39 is 0 Å². The Bertz CT molecular complexity index is 382. The van der Waals surface area contributed by atoms with E-state index in [1.165, 1.54) is 6.07 Å². The van der Waals surface area contributed by atoms with Crippen LogP contribution in [0, 0.1) is 5.82 Å². The lowest BCUT2D eigenvalue weighted by Crippen LogP contribution is -2.17. The number of hydrogen-bond donors (Lipinski definition) is 0. The predicted octanol–water partition coefficient (Wildman–Crippen LogP) is 3.49. The minimum absolute atomic E-state index is 0.0377. The predicted molar refractivity (Wildman–Crippen MR) is 65.6 cm³/mol. The van der Waals surface area contributed by atoms with Gasteiger partial charge in [-0.15, -0.1) is 0 Å². The number of carbonyl (C=O) groups excluding carboxylic acids is 1. The van der Waals surface area contributed by atoms with Crippen LogP contribution in [0.4, 0.5) is 4.39 Å². The minimum atomic E-state index is -0.385. The number of rotatable bonds is 3. The zero-order chi connectivity index (χ0) is 11.5. The van der Waals surface area contributed by atoms with E-state index in [-0.39, 0.29) is 23.3 Å². The largest absolute Gasteiger partial charge is 0.298 e. The summed E-state index contributed by atoms with van der Waals surface area (Å²) in [5, 5.41) is 0.381. The number of thioether (sulfide) groups is 1. The van der Waals surface area contributed by atoms with Gasteiger partial charge < -0.3 is 0 Å². The second kappa shape index (κ2) is 5.19. The highest BCUT2D eigenvalue weighted by Crippen LogP contribution is 2.29. The van der Waals surface area contributed by atoms with Crippen LogP contribution < -0.4 is 0 Å². The highest BCUT2D eigenvalue weighted by atomic mass is 35.5. The van der Waals surface area contributed by atoms with Crippen molar-refractivity contribution in [3.05, 3.63) is 34.6 Å². The summed E-state index contributed by atoms with van der Waals surface area (Å²) < 4.78 is 13.5. The monoisotopic (exact) mass is 258 g/mol. The van der Waals surface area contributed by atoms with Crippen molar-refractivity contribution in [2.24, 2.45) is 0 Å². The first-order valence-electron chi connectivity index (χ1n) is 5.25. The fourth-order valence-corrected chi connectivity index (χ4v) is 3.27. The molecule has 1 heterocycles. The van der Waals surface area contributed by atoms with Gasteiger partial charge >= 0.3 is 0 Å². The standard InChI is InChI=1S/C12H12ClFOS/c13-9-3-1-4-10(14)8(9)7-11(15)12-5-2-6-16-12/h1,3-4,12H,2,5-7H2. The molecule has 0 N–H and O–H groups in total. The molecule has 0 amide bonds. The van der Waals surface area contributed by atoms with E-state index in [1.54, 1.807) is 23.9 Å². The Labute approximate surface area is 103 Å². The van der Waals surface area contributed by atoms with Crippen molar-refractivity contribution in [3.63, 3.8) is 0 Å². The topological polar surface area (TPSA) is 17.1 Å². The first kappa shape index (κ1) is 11.9. The molecule has 4 heteroatoms. The van der Waals surface area contributed by atoms with E-state index in [0.29, 0.717) is 10.6 Å². The van der Waals surface area contributed by atoms with Gasteiger partial charge in [0.15, 0.2) is 0 Å². The van der Waals surface area contributed by atoms with Crippen LogP contribution in [-0.4, -0.2) is 16.8 Å². The molecule has 1 saturated heterocycles. The highest BCUT2D eigenvalue weighted by Gasteiger charge is 2.24. The number of carbonyl (C=O) groups is 1. The molecule has 0 aliphatic carbocycles. The summed E-state index contributed by atoms with van der Waals surface area (Å²) in [6.45, 7) is 0. The van der Waals surface area contributed by atoms with Gasteiger partial charge in [-0.25, -0.2) is 4.39 Å². The van der Waals surface area contributed by atoms with Gasteiger partial charge in [-0.3, -0.25) is 4.79 Å². The van der Waals surface area contributed by atoms with Crippen molar-refractivity contribution >= 4 is 29.1 Å². The van der Waals surface area contributed by atoms with E-state index in [2.05, 4.69) is 0 Å². The summed E-state index contributed by atoms with van der Waals surface area (Å²) in [5.41, 5.74) is 0.335. The van der Waals surface area contributed by atoms with Crippen LogP contribution in [-0.2, 0) is 11.2 Å². The van der Waals surface area contributed by atoms with Crippen molar-refractivity contribution in [1.29, 1.82) is 0 Å². The third kappa shape index (κ3) is 2.58. The van der Waals surface area contributed by atoms with Gasteiger partial charge in [-0.1, -0.05) is 17.7 Å². The second-order valence-corrected chi connectivity index (χ2v) is 5.56. The minimum Gasteiger partial charge on any atom is -0.298 e. The summed E-state index contributed by atoms with van der Waals surface area (Å²) in [6.07, 6.45) is 2.10. The highest BCUT2D eigenvalue weighted by molar-refractivity contribution is 8.00. The average molecular weight is 259 g/mol. The maximum atomic E-state index is 13.5. The molecule has 1 aliphatic heterocycles. The van der Waals surface area contributed by atoms with Gasteiger partial charge in [0.05, 0.1) is 5.25 Å². The second-order valence-electron chi connectivity index (χ2n) is 3.84. The van der Waals surface area contributed by atoms with Crippen molar-refractivity contribution in [2.75, 3.05) is 5.75 Å². The summed E-state index contributed by atoms with van der Waals surface area (Å²) in [5.74, 6) is 0.736. The molecule has 0 radical (unpaired) electrons. The molecule has 1 nitrogen and oxygen atoms in total. The summed E-state index contributed by atoms with van der Waals surface area (Å²) >= 11 is 7.55. The Kier molecular flexibility index (Phi) is 3.87. The summed E-state index contributed by atoms with van der Waals surface area (Å²) in [7, 11) is 0. The van der Waals surface area contributed by atoms with Crippen LogP contribution in [0.2, 0.25) is 5.02 Å². The molecule has 16 heavy (non-hydrogen) atoms. The van der Waals surface area contributed by atoms with Gasteiger partial charge in [0.1, 0.15) is 11.6 Å². The van der Waals surface area contributed by atoms with Gasteiger partial charge in [0.2, 0.25) is 0 Å². The molecule has 0 aromatic heterocycles. The van der Waals surface area contributed by atoms with Crippen LogP contribution in [0.25, 0.3) is 0 Å². The quantitative estimate of drug-likeness (QED) is 0.826. The molecule has 1 aliphatic rings. The van der Waals surface area contributed by atoms with Crippen molar-refractivity contribution in [1.82, 2.24) is 0 Å². The van der Waals surface area contributed by atoms with Gasteiger partial charge in [-0.05, 0) is 30.7 Å². The van der Waals surface area contributed by atoms with Crippen molar-refractivity contribution < 1.29 is 9.18 Å². The maximum absolute atomic E-state index is 13.5. The molecule has 1 unspecified atom stereocenters. The zero-order valence-corrected chi connectivity index (χ0v) is 10.3. The lowest BCUT2D eigenvalue weighted by Gasteiger charge is -2.09. The molecule has 1 fully saturated rings. The Morgan fingerprint density at radius 1 is 1.56 bits per heavy atom. The van der Waals surface area contributed by atoms with Crippen LogP contribution in [0.5, 0.6) is 0 Å². The van der Waals surface area contributed by atoms with E-state index in [1.807, 2.05) is 0 Å². The third-order valence-electron chi connectivity index (χ3n) is 2.70. The Morgan fingerprint density at radius 3 is 3.00 bits per heavy atom. The molecule has 86 valence electrons. The normalized spacial score (nSPS) is 20.0. The molecular weight excluding hydrogens is 247 g/mol. The molecular formula is C12H12ClFOS. The number of hydrogen-bond acceptors (Lipinski definition) is 2. The van der Waals surface area contributed by atoms with Crippen LogP contribution >= 0.6 is 23.4 Å². The number of Topliss-reactive ketones (excluding diaryl/α,β-unsaturated/α-hetero) is 1. The molecule has 0 bridgehead atoms. The van der Waals surface area contributed by atoms with E-state index in [4.69, 9.17) is 11.6 Å². The Hall–Kier alpha value is -0.540. The summed E-state index contributed by atoms with van der Waals surface area (Å²) in [6, 6.07) is 4.52. The summed E-state index contributed by atoms with van der Waals surface area (Å²) in [4.78, 5) is 11.9. The maximum Gasteiger partial charge on any atom is 0.150 e. The van der Waals surface area contributed by atoms with Gasteiger partial charge in [0, 0.05) is 17.0 Å². The number of benzene rings is 1. The molecule has 0 saturated carbocycles. The molecule has 1 atom stereocenters. The fraction of sp³-hybridized carbons (Fsp3) is 0.417. The lowest BCUT2D eigenvalue weighted by atomic mass is 10.0. The van der Waals surface area contributed by atoms with E-state index in [0.717, 1.165) is 18.6 Å². The van der Waals surface area contributed by atoms with Crippen LogP contribution in [0.3, 0.4) is 0 Å². The number of ketones is 1. The molecule has 0 spiro atoms. The first-order valence-corrected chi connectivity index (χ1v) is 6.68. The third-order valence-corrected chi connectivity index (χ3v) is 4.48. The average Bonchev–Trinajstić information content (AvgIpc) is 2.76. The lowest BCUT2D eigenvalue weighted by molar-refractivity contribution is -0.118. The first-order chi connectivity index (χ1) is 7.68. The van der Waals surface area contributed by atoms with E-state index in [9.17, 15) is 9.18 Å². The molecule has 1 aromatic carbocycles. The van der Waals surface area contributed by atoms with Gasteiger partial charge in [-0.2, -0.15) is 11.8 Å².